The van der Waals surface area contributed by atoms with E-state index >= 15 is 0 Å². The van der Waals surface area contributed by atoms with Gasteiger partial charge in [-0.25, -0.2) is 0 Å². The Kier molecular flexibility index (Phi) is 4.87. The first kappa shape index (κ1) is 13.4. The smallest absolute Gasteiger partial charge is 0.0695 e. The Labute approximate surface area is 106 Å². The highest BCUT2D eigenvalue weighted by Gasteiger charge is 2.34. The number of likely N-dealkylation sites (N-methyl/N-ethyl adjacent to an activating group) is 1. The van der Waals surface area contributed by atoms with E-state index in [-0.39, 0.29) is 6.10 Å². The van der Waals surface area contributed by atoms with Crippen molar-refractivity contribution in [3.8, 4) is 0 Å². The molecule has 0 aromatic rings. The summed E-state index contributed by atoms with van der Waals surface area (Å²) in [6.07, 6.45) is 11.5. The highest BCUT2D eigenvalue weighted by molar-refractivity contribution is 4.89. The van der Waals surface area contributed by atoms with Gasteiger partial charge in [-0.05, 0) is 38.6 Å². The van der Waals surface area contributed by atoms with Crippen LogP contribution in [-0.2, 0) is 0 Å². The van der Waals surface area contributed by atoms with E-state index < -0.39 is 0 Å². The van der Waals surface area contributed by atoms with Crippen LogP contribution in [0, 0.1) is 5.92 Å². The van der Waals surface area contributed by atoms with Crippen LogP contribution in [0.5, 0.6) is 0 Å². The number of nitrogens with zero attached hydrogens (tertiary/aromatic N) is 1. The average molecular weight is 239 g/mol. The summed E-state index contributed by atoms with van der Waals surface area (Å²) in [5.41, 5.74) is 0. The summed E-state index contributed by atoms with van der Waals surface area (Å²) >= 11 is 0. The molecule has 2 aliphatic rings. The first-order valence-corrected chi connectivity index (χ1v) is 7.64. The summed E-state index contributed by atoms with van der Waals surface area (Å²) in [7, 11) is 2.26. The summed E-state index contributed by atoms with van der Waals surface area (Å²) < 4.78 is 0. The number of aliphatic hydroxyl groups excluding tert-OH is 1. The third-order valence-electron chi connectivity index (χ3n) is 5.13. The van der Waals surface area contributed by atoms with Gasteiger partial charge in [0, 0.05) is 12.1 Å². The molecule has 17 heavy (non-hydrogen) atoms. The molecule has 0 aromatic carbocycles. The first-order valence-electron chi connectivity index (χ1n) is 7.64. The molecule has 2 nitrogen and oxygen atoms in total. The Bertz CT molecular complexity index is 231. The van der Waals surface area contributed by atoms with E-state index in [1.165, 1.54) is 51.4 Å². The van der Waals surface area contributed by atoms with Crippen molar-refractivity contribution < 1.29 is 5.11 Å². The van der Waals surface area contributed by atoms with Gasteiger partial charge in [-0.1, -0.05) is 39.0 Å². The largest absolute Gasteiger partial charge is 0.391 e. The van der Waals surface area contributed by atoms with Gasteiger partial charge in [0.1, 0.15) is 0 Å². The van der Waals surface area contributed by atoms with Gasteiger partial charge in [0.2, 0.25) is 0 Å². The Morgan fingerprint density at radius 3 is 2.18 bits per heavy atom. The van der Waals surface area contributed by atoms with Crippen molar-refractivity contribution in [3.63, 3.8) is 0 Å². The van der Waals surface area contributed by atoms with E-state index in [0.717, 1.165) is 18.4 Å². The predicted molar refractivity (Wildman–Crippen MR) is 72.1 cm³/mol. The molecule has 100 valence electrons. The predicted octanol–water partition coefficient (Wildman–Crippen LogP) is 3.19. The normalized spacial score (nSPS) is 39.5. The van der Waals surface area contributed by atoms with Gasteiger partial charge in [-0.3, -0.25) is 4.90 Å². The Balaban J connectivity index is 1.98. The highest BCUT2D eigenvalue weighted by atomic mass is 16.3. The summed E-state index contributed by atoms with van der Waals surface area (Å²) in [5, 5.41) is 10.2. The monoisotopic (exact) mass is 239 g/mol. The van der Waals surface area contributed by atoms with Crippen LogP contribution in [-0.4, -0.2) is 35.2 Å². The molecule has 0 aliphatic heterocycles. The van der Waals surface area contributed by atoms with Crippen molar-refractivity contribution in [2.45, 2.75) is 82.9 Å². The second-order valence-corrected chi connectivity index (χ2v) is 6.10. The topological polar surface area (TPSA) is 23.5 Å². The van der Waals surface area contributed by atoms with Crippen LogP contribution in [0.15, 0.2) is 0 Å². The lowest BCUT2D eigenvalue weighted by Crippen LogP contribution is -2.51. The number of rotatable bonds is 3. The van der Waals surface area contributed by atoms with Crippen molar-refractivity contribution in [3.05, 3.63) is 0 Å². The van der Waals surface area contributed by atoms with E-state index in [1.807, 2.05) is 0 Å². The second-order valence-electron chi connectivity index (χ2n) is 6.10. The van der Waals surface area contributed by atoms with Crippen molar-refractivity contribution >= 4 is 0 Å². The lowest BCUT2D eigenvalue weighted by atomic mass is 9.80. The van der Waals surface area contributed by atoms with E-state index in [4.69, 9.17) is 0 Å². The molecule has 2 rings (SSSR count). The molecule has 1 N–H and O–H groups in total. The summed E-state index contributed by atoms with van der Waals surface area (Å²) in [6.45, 7) is 2.33. The van der Waals surface area contributed by atoms with Crippen LogP contribution in [0.25, 0.3) is 0 Å². The quantitative estimate of drug-likeness (QED) is 0.817. The average Bonchev–Trinajstić information content (AvgIpc) is 2.38. The maximum atomic E-state index is 10.2. The molecule has 0 amide bonds. The Morgan fingerprint density at radius 1 is 0.941 bits per heavy atom. The zero-order valence-electron chi connectivity index (χ0n) is 11.6. The minimum Gasteiger partial charge on any atom is -0.391 e. The number of hydrogen-bond acceptors (Lipinski definition) is 2. The third kappa shape index (κ3) is 3.03. The van der Waals surface area contributed by atoms with E-state index in [2.05, 4.69) is 18.9 Å². The van der Waals surface area contributed by atoms with Crippen LogP contribution in [0.1, 0.15) is 64.7 Å². The van der Waals surface area contributed by atoms with Crippen LogP contribution in [0.4, 0.5) is 0 Å². The SMILES string of the molecule is CCC1CCCCC1N(C)C1CCCCC1O. The summed E-state index contributed by atoms with van der Waals surface area (Å²) in [5.74, 6) is 0.864. The van der Waals surface area contributed by atoms with Gasteiger partial charge >= 0.3 is 0 Å². The van der Waals surface area contributed by atoms with Crippen molar-refractivity contribution in [2.75, 3.05) is 7.05 Å². The van der Waals surface area contributed by atoms with Gasteiger partial charge < -0.3 is 5.11 Å². The number of aliphatic hydroxyl groups is 1. The molecule has 2 aliphatic carbocycles. The third-order valence-corrected chi connectivity index (χ3v) is 5.13. The van der Waals surface area contributed by atoms with Gasteiger partial charge in [0.25, 0.3) is 0 Å². The summed E-state index contributed by atoms with van der Waals surface area (Å²) in [6, 6.07) is 1.16. The molecular weight excluding hydrogens is 210 g/mol. The molecular formula is C15H29NO. The van der Waals surface area contributed by atoms with E-state index in [9.17, 15) is 5.11 Å². The molecule has 4 atom stereocenters. The van der Waals surface area contributed by atoms with Crippen molar-refractivity contribution in [1.29, 1.82) is 0 Å². The van der Waals surface area contributed by atoms with E-state index in [0.29, 0.717) is 6.04 Å². The summed E-state index contributed by atoms with van der Waals surface area (Å²) in [4.78, 5) is 2.54. The maximum absolute atomic E-state index is 10.2. The fourth-order valence-corrected chi connectivity index (χ4v) is 4.01. The molecule has 0 aromatic heterocycles. The fraction of sp³-hybridized carbons (Fsp3) is 1.00. The lowest BCUT2D eigenvalue weighted by molar-refractivity contribution is -0.0104. The van der Waals surface area contributed by atoms with Crippen molar-refractivity contribution in [2.24, 2.45) is 5.92 Å². The fourth-order valence-electron chi connectivity index (χ4n) is 4.01. The second kappa shape index (κ2) is 6.19. The molecule has 4 unspecified atom stereocenters. The molecule has 2 saturated carbocycles. The molecule has 0 saturated heterocycles. The van der Waals surface area contributed by atoms with Gasteiger partial charge in [0.05, 0.1) is 6.10 Å². The molecule has 2 fully saturated rings. The van der Waals surface area contributed by atoms with Crippen LogP contribution in [0.2, 0.25) is 0 Å². The highest BCUT2D eigenvalue weighted by Crippen LogP contribution is 2.33. The minimum absolute atomic E-state index is 0.0758. The first-order chi connectivity index (χ1) is 8.24. The molecule has 0 heterocycles. The van der Waals surface area contributed by atoms with E-state index in [1.54, 1.807) is 0 Å². The standard InChI is InChI=1S/C15H29NO/c1-3-12-8-4-5-9-13(12)16(2)14-10-6-7-11-15(14)17/h12-15,17H,3-11H2,1-2H3. The lowest BCUT2D eigenvalue weighted by Gasteiger charge is -2.44. The van der Waals surface area contributed by atoms with Crippen LogP contribution < -0.4 is 0 Å². The Hall–Kier alpha value is -0.0800. The van der Waals surface area contributed by atoms with Crippen LogP contribution in [0.3, 0.4) is 0 Å². The zero-order valence-corrected chi connectivity index (χ0v) is 11.6. The van der Waals surface area contributed by atoms with Gasteiger partial charge in [-0.2, -0.15) is 0 Å². The van der Waals surface area contributed by atoms with Crippen molar-refractivity contribution in [1.82, 2.24) is 4.90 Å². The minimum atomic E-state index is -0.0758. The molecule has 0 radical (unpaired) electrons. The molecule has 2 heteroatoms. The molecule has 0 spiro atoms. The molecule has 0 bridgehead atoms. The number of hydrogen-bond donors (Lipinski definition) is 1. The maximum Gasteiger partial charge on any atom is 0.0695 e. The van der Waals surface area contributed by atoms with Gasteiger partial charge in [-0.15, -0.1) is 0 Å². The Morgan fingerprint density at radius 2 is 1.53 bits per heavy atom. The zero-order chi connectivity index (χ0) is 12.3. The van der Waals surface area contributed by atoms with Crippen LogP contribution >= 0.6 is 0 Å². The van der Waals surface area contributed by atoms with Gasteiger partial charge in [0.15, 0.2) is 0 Å².